The van der Waals surface area contributed by atoms with E-state index in [2.05, 4.69) is 10.4 Å². The molecule has 6 heteroatoms. The Morgan fingerprint density at radius 2 is 2.00 bits per heavy atom. The molecule has 0 aliphatic heterocycles. The zero-order chi connectivity index (χ0) is 12.6. The predicted molar refractivity (Wildman–Crippen MR) is 63.2 cm³/mol. The van der Waals surface area contributed by atoms with Crippen molar-refractivity contribution in [1.82, 2.24) is 9.78 Å². The van der Waals surface area contributed by atoms with Crippen LogP contribution in [-0.2, 0) is 4.79 Å². The normalized spacial score (nSPS) is 10.5. The lowest BCUT2D eigenvalue weighted by Crippen LogP contribution is -2.11. The van der Waals surface area contributed by atoms with Crippen LogP contribution in [0.15, 0.2) is 23.0 Å². The summed E-state index contributed by atoms with van der Waals surface area (Å²) in [6, 6.07) is 4.76. The fourth-order valence-corrected chi connectivity index (χ4v) is 1.66. The zero-order valence-electron chi connectivity index (χ0n) is 9.40. The number of nitrogens with zero attached hydrogens (tertiary/aromatic N) is 1. The monoisotopic (exact) mass is 233 g/mol. The lowest BCUT2D eigenvalue weighted by molar-refractivity contribution is -0.114. The van der Waals surface area contributed by atoms with Crippen molar-refractivity contribution in [2.24, 2.45) is 0 Å². The van der Waals surface area contributed by atoms with Crippen LogP contribution in [0.4, 0.5) is 5.69 Å². The largest absolute Gasteiger partial charge is 0.326 e. The Labute approximate surface area is 96.2 Å². The summed E-state index contributed by atoms with van der Waals surface area (Å²) in [6.07, 6.45) is 0. The van der Waals surface area contributed by atoms with E-state index in [4.69, 9.17) is 0 Å². The molecule has 1 aromatic heterocycles. The Hall–Kier alpha value is -2.37. The highest BCUT2D eigenvalue weighted by Crippen LogP contribution is 2.16. The van der Waals surface area contributed by atoms with Gasteiger partial charge in [-0.1, -0.05) is 0 Å². The van der Waals surface area contributed by atoms with Gasteiger partial charge in [-0.05, 0) is 18.2 Å². The van der Waals surface area contributed by atoms with E-state index in [-0.39, 0.29) is 17.4 Å². The third-order valence-electron chi connectivity index (χ3n) is 2.33. The van der Waals surface area contributed by atoms with E-state index in [1.54, 1.807) is 18.2 Å². The summed E-state index contributed by atoms with van der Waals surface area (Å²) in [5.74, 6) is -0.506. The van der Waals surface area contributed by atoms with Crippen molar-refractivity contribution < 1.29 is 9.59 Å². The van der Waals surface area contributed by atoms with Gasteiger partial charge < -0.3 is 5.32 Å². The average Bonchev–Trinajstić information content (AvgIpc) is 2.55. The number of anilines is 1. The van der Waals surface area contributed by atoms with E-state index in [1.165, 1.54) is 13.8 Å². The summed E-state index contributed by atoms with van der Waals surface area (Å²) in [5.41, 5.74) is 0.664. The molecule has 0 aliphatic rings. The third-order valence-corrected chi connectivity index (χ3v) is 2.33. The molecule has 17 heavy (non-hydrogen) atoms. The average molecular weight is 233 g/mol. The first-order valence-corrected chi connectivity index (χ1v) is 5.02. The first kappa shape index (κ1) is 11.1. The van der Waals surface area contributed by atoms with E-state index < -0.39 is 0 Å². The lowest BCUT2D eigenvalue weighted by atomic mass is 10.2. The Balaban J connectivity index is 2.66. The number of rotatable bonds is 1. The maximum Gasteiger partial charge on any atom is 0.272 e. The molecule has 2 N–H and O–H groups in total. The van der Waals surface area contributed by atoms with Gasteiger partial charge in [0.25, 0.3) is 5.56 Å². The second-order valence-electron chi connectivity index (χ2n) is 3.71. The molecule has 2 rings (SSSR count). The van der Waals surface area contributed by atoms with Crippen LogP contribution < -0.4 is 10.9 Å². The van der Waals surface area contributed by atoms with Gasteiger partial charge in [0.05, 0.1) is 10.9 Å². The van der Waals surface area contributed by atoms with Gasteiger partial charge in [0.1, 0.15) is 0 Å². The minimum Gasteiger partial charge on any atom is -0.326 e. The number of aromatic nitrogens is 2. The molecule has 6 nitrogen and oxygen atoms in total. The molecule has 1 amide bonds. The Bertz CT molecular complexity index is 666. The van der Waals surface area contributed by atoms with E-state index in [1.807, 2.05) is 0 Å². The van der Waals surface area contributed by atoms with Crippen LogP contribution >= 0.6 is 0 Å². The van der Waals surface area contributed by atoms with Gasteiger partial charge in [-0.25, -0.2) is 4.68 Å². The topological polar surface area (TPSA) is 84.0 Å². The summed E-state index contributed by atoms with van der Waals surface area (Å²) in [5, 5.41) is 5.44. The molecular weight excluding hydrogens is 222 g/mol. The maximum atomic E-state index is 11.5. The molecule has 0 fully saturated rings. The molecule has 1 heterocycles. The first-order valence-electron chi connectivity index (χ1n) is 5.02. The lowest BCUT2D eigenvalue weighted by Gasteiger charge is -2.03. The highest BCUT2D eigenvalue weighted by atomic mass is 16.2. The van der Waals surface area contributed by atoms with Gasteiger partial charge in [-0.2, -0.15) is 0 Å². The highest BCUT2D eigenvalue weighted by molar-refractivity contribution is 5.95. The van der Waals surface area contributed by atoms with E-state index in [0.29, 0.717) is 16.6 Å². The fourth-order valence-electron chi connectivity index (χ4n) is 1.66. The Kier molecular flexibility index (Phi) is 2.55. The van der Waals surface area contributed by atoms with Crippen LogP contribution in [0.2, 0.25) is 0 Å². The molecule has 0 saturated carbocycles. The minimum absolute atomic E-state index is 0.211. The van der Waals surface area contributed by atoms with Crippen LogP contribution in [0.5, 0.6) is 0 Å². The second kappa shape index (κ2) is 3.89. The van der Waals surface area contributed by atoms with Crippen molar-refractivity contribution in [2.45, 2.75) is 13.8 Å². The van der Waals surface area contributed by atoms with E-state index in [0.717, 1.165) is 4.68 Å². The molecule has 2 aromatic rings. The second-order valence-corrected chi connectivity index (χ2v) is 3.71. The molecule has 0 unspecified atom stereocenters. The fraction of sp³-hybridized carbons (Fsp3) is 0.182. The molecule has 0 saturated heterocycles. The van der Waals surface area contributed by atoms with Gasteiger partial charge in [-0.15, -0.1) is 0 Å². The van der Waals surface area contributed by atoms with Crippen molar-refractivity contribution in [3.05, 3.63) is 28.6 Å². The Morgan fingerprint density at radius 3 is 2.59 bits per heavy atom. The van der Waals surface area contributed by atoms with Crippen LogP contribution in [0.25, 0.3) is 10.9 Å². The smallest absolute Gasteiger partial charge is 0.272 e. The van der Waals surface area contributed by atoms with Gasteiger partial charge in [0, 0.05) is 19.5 Å². The number of benzene rings is 1. The summed E-state index contributed by atoms with van der Waals surface area (Å²) < 4.78 is 1.16. The molecule has 0 atom stereocenters. The highest BCUT2D eigenvalue weighted by Gasteiger charge is 2.10. The number of carbonyl (C=O) groups is 2. The van der Waals surface area contributed by atoms with Crippen molar-refractivity contribution in [3.8, 4) is 0 Å². The number of aromatic amines is 1. The number of carbonyl (C=O) groups excluding carboxylic acids is 2. The SMILES string of the molecule is CC(=O)Nc1ccc2c(=O)[nH]n(C(C)=O)c2c1. The van der Waals surface area contributed by atoms with Gasteiger partial charge in [-0.3, -0.25) is 19.5 Å². The summed E-state index contributed by atoms with van der Waals surface area (Å²) in [7, 11) is 0. The summed E-state index contributed by atoms with van der Waals surface area (Å²) in [6.45, 7) is 2.74. The molecule has 1 aromatic carbocycles. The van der Waals surface area contributed by atoms with Crippen LogP contribution in [-0.4, -0.2) is 21.6 Å². The first-order chi connectivity index (χ1) is 7.99. The number of amides is 1. The number of H-pyrrole nitrogens is 1. The maximum absolute atomic E-state index is 11.5. The predicted octanol–water partition coefficient (Wildman–Crippen LogP) is 0.948. The molecule has 0 radical (unpaired) electrons. The van der Waals surface area contributed by atoms with Crippen LogP contribution in [0, 0.1) is 0 Å². The van der Waals surface area contributed by atoms with Crippen molar-refractivity contribution >= 4 is 28.4 Å². The zero-order valence-corrected chi connectivity index (χ0v) is 9.40. The van der Waals surface area contributed by atoms with Gasteiger partial charge in [0.2, 0.25) is 11.8 Å². The van der Waals surface area contributed by atoms with E-state index in [9.17, 15) is 14.4 Å². The standard InChI is InChI=1S/C11H11N3O3/c1-6(15)12-8-3-4-9-10(5-8)14(7(2)16)13-11(9)17/h3-5H,1-2H3,(H,12,15)(H,13,17). The molecular formula is C11H11N3O3. The summed E-state index contributed by atoms with van der Waals surface area (Å²) >= 11 is 0. The Morgan fingerprint density at radius 1 is 1.29 bits per heavy atom. The van der Waals surface area contributed by atoms with E-state index >= 15 is 0 Å². The van der Waals surface area contributed by atoms with Crippen LogP contribution in [0.1, 0.15) is 18.6 Å². The quantitative estimate of drug-likeness (QED) is 0.769. The number of hydrogen-bond donors (Lipinski definition) is 2. The number of hydrogen-bond acceptors (Lipinski definition) is 3. The van der Waals surface area contributed by atoms with Gasteiger partial charge in [0.15, 0.2) is 0 Å². The number of nitrogens with one attached hydrogen (secondary N) is 2. The van der Waals surface area contributed by atoms with Crippen LogP contribution in [0.3, 0.4) is 0 Å². The molecule has 0 aliphatic carbocycles. The molecule has 0 spiro atoms. The molecule has 0 bridgehead atoms. The van der Waals surface area contributed by atoms with Gasteiger partial charge >= 0.3 is 0 Å². The third kappa shape index (κ3) is 1.96. The number of fused-ring (bicyclic) bond motifs is 1. The van der Waals surface area contributed by atoms with Crippen molar-refractivity contribution in [2.75, 3.05) is 5.32 Å². The van der Waals surface area contributed by atoms with Crippen molar-refractivity contribution in [3.63, 3.8) is 0 Å². The molecule has 88 valence electrons. The summed E-state index contributed by atoms with van der Waals surface area (Å²) in [4.78, 5) is 33.8. The van der Waals surface area contributed by atoms with Crippen molar-refractivity contribution in [1.29, 1.82) is 0 Å². The minimum atomic E-state index is -0.329.